The Bertz CT molecular complexity index is 441. The number of hydrogen-bond donors (Lipinski definition) is 1. The van der Waals surface area contributed by atoms with Crippen molar-refractivity contribution in [2.75, 3.05) is 13.7 Å². The Kier molecular flexibility index (Phi) is 5.34. The molecule has 2 rings (SSSR count). The van der Waals surface area contributed by atoms with E-state index in [0.717, 1.165) is 12.3 Å². The van der Waals surface area contributed by atoms with E-state index in [1.807, 2.05) is 6.07 Å². The van der Waals surface area contributed by atoms with Crippen LogP contribution in [0.1, 0.15) is 57.6 Å². The van der Waals surface area contributed by atoms with Crippen LogP contribution in [-0.2, 0) is 0 Å². The highest BCUT2D eigenvalue weighted by molar-refractivity contribution is 6.32. The van der Waals surface area contributed by atoms with Gasteiger partial charge in [-0.1, -0.05) is 50.8 Å². The lowest BCUT2D eigenvalue weighted by Gasteiger charge is -2.41. The average molecular weight is 296 g/mol. The van der Waals surface area contributed by atoms with Crippen molar-refractivity contribution < 1.29 is 4.74 Å². The highest BCUT2D eigenvalue weighted by Crippen LogP contribution is 2.46. The van der Waals surface area contributed by atoms with E-state index in [1.54, 1.807) is 7.11 Å². The quantitative estimate of drug-likeness (QED) is 0.828. The first-order chi connectivity index (χ1) is 9.60. The summed E-state index contributed by atoms with van der Waals surface area (Å²) < 4.78 is 5.37. The number of nitrogens with one attached hydrogen (secondary N) is 1. The van der Waals surface area contributed by atoms with Crippen LogP contribution in [0.15, 0.2) is 18.2 Å². The van der Waals surface area contributed by atoms with Crippen LogP contribution in [0.5, 0.6) is 5.75 Å². The van der Waals surface area contributed by atoms with Crippen LogP contribution >= 0.6 is 11.6 Å². The Morgan fingerprint density at radius 1 is 1.30 bits per heavy atom. The predicted octanol–water partition coefficient (Wildman–Crippen LogP) is 4.97. The molecule has 0 aliphatic heterocycles. The standard InChI is InChI=1S/C17H26ClNO/c1-4-19-16(17(2)10-6-5-7-11-17)13-8-9-14(18)15(12-13)20-3/h8-9,12,16,19H,4-7,10-11H2,1-3H3. The van der Waals surface area contributed by atoms with Crippen LogP contribution in [0.25, 0.3) is 0 Å². The molecule has 1 aromatic rings. The van der Waals surface area contributed by atoms with Gasteiger partial charge in [0.05, 0.1) is 12.1 Å². The number of halogens is 1. The van der Waals surface area contributed by atoms with E-state index in [-0.39, 0.29) is 0 Å². The van der Waals surface area contributed by atoms with E-state index < -0.39 is 0 Å². The third kappa shape index (κ3) is 3.29. The van der Waals surface area contributed by atoms with E-state index in [2.05, 4.69) is 31.3 Å². The van der Waals surface area contributed by atoms with Crippen molar-refractivity contribution >= 4 is 11.6 Å². The van der Waals surface area contributed by atoms with Crippen molar-refractivity contribution in [3.63, 3.8) is 0 Å². The molecule has 1 atom stereocenters. The molecule has 0 amide bonds. The van der Waals surface area contributed by atoms with Crippen LogP contribution in [0.2, 0.25) is 5.02 Å². The van der Waals surface area contributed by atoms with Crippen molar-refractivity contribution in [2.45, 2.75) is 52.0 Å². The zero-order valence-corrected chi connectivity index (χ0v) is 13.6. The molecule has 1 saturated carbocycles. The summed E-state index contributed by atoms with van der Waals surface area (Å²) in [7, 11) is 1.68. The van der Waals surface area contributed by atoms with Gasteiger partial charge in [-0.15, -0.1) is 0 Å². The van der Waals surface area contributed by atoms with Crippen molar-refractivity contribution in [3.05, 3.63) is 28.8 Å². The maximum Gasteiger partial charge on any atom is 0.137 e. The van der Waals surface area contributed by atoms with Gasteiger partial charge in [0.1, 0.15) is 5.75 Å². The molecule has 1 N–H and O–H groups in total. The molecule has 1 unspecified atom stereocenters. The SMILES string of the molecule is CCNC(c1ccc(Cl)c(OC)c1)C1(C)CCCCC1. The van der Waals surface area contributed by atoms with Crippen LogP contribution in [0, 0.1) is 5.41 Å². The largest absolute Gasteiger partial charge is 0.495 e. The lowest BCUT2D eigenvalue weighted by molar-refractivity contribution is 0.146. The highest BCUT2D eigenvalue weighted by Gasteiger charge is 2.36. The van der Waals surface area contributed by atoms with Gasteiger partial charge in [0.2, 0.25) is 0 Å². The summed E-state index contributed by atoms with van der Waals surface area (Å²) in [4.78, 5) is 0. The average Bonchev–Trinajstić information content (AvgIpc) is 2.46. The van der Waals surface area contributed by atoms with Crippen molar-refractivity contribution in [1.29, 1.82) is 0 Å². The smallest absolute Gasteiger partial charge is 0.137 e. The topological polar surface area (TPSA) is 21.3 Å². The Labute approximate surface area is 127 Å². The minimum absolute atomic E-state index is 0.326. The Morgan fingerprint density at radius 3 is 2.60 bits per heavy atom. The molecule has 2 nitrogen and oxygen atoms in total. The minimum atomic E-state index is 0.326. The summed E-state index contributed by atoms with van der Waals surface area (Å²) in [5, 5.41) is 4.36. The van der Waals surface area contributed by atoms with Crippen LogP contribution in [0.3, 0.4) is 0 Å². The molecule has 1 fully saturated rings. The van der Waals surface area contributed by atoms with Crippen LogP contribution in [0.4, 0.5) is 0 Å². The maximum absolute atomic E-state index is 6.15. The summed E-state index contributed by atoms with van der Waals surface area (Å²) >= 11 is 6.15. The van der Waals surface area contributed by atoms with Crippen molar-refractivity contribution in [3.8, 4) is 5.75 Å². The van der Waals surface area contributed by atoms with E-state index >= 15 is 0 Å². The second kappa shape index (κ2) is 6.82. The Balaban J connectivity index is 2.32. The molecule has 112 valence electrons. The fourth-order valence-electron chi connectivity index (χ4n) is 3.47. The van der Waals surface area contributed by atoms with Crippen molar-refractivity contribution in [1.82, 2.24) is 5.32 Å². The van der Waals surface area contributed by atoms with Gasteiger partial charge in [0.15, 0.2) is 0 Å². The normalized spacial score (nSPS) is 19.6. The number of rotatable bonds is 5. The van der Waals surface area contributed by atoms with Gasteiger partial charge in [0, 0.05) is 6.04 Å². The zero-order chi connectivity index (χ0) is 14.6. The summed E-state index contributed by atoms with van der Waals surface area (Å²) in [5.74, 6) is 0.770. The number of methoxy groups -OCH3 is 1. The molecule has 3 heteroatoms. The van der Waals surface area contributed by atoms with Crippen LogP contribution in [-0.4, -0.2) is 13.7 Å². The Hall–Kier alpha value is -0.730. The molecule has 0 radical (unpaired) electrons. The second-order valence-corrected chi connectivity index (χ2v) is 6.51. The molecule has 1 aliphatic rings. The first-order valence-corrected chi connectivity index (χ1v) is 8.05. The molecule has 0 aromatic heterocycles. The van der Waals surface area contributed by atoms with Gasteiger partial charge in [-0.3, -0.25) is 0 Å². The molecule has 20 heavy (non-hydrogen) atoms. The first-order valence-electron chi connectivity index (χ1n) is 7.67. The molecular weight excluding hydrogens is 270 g/mol. The fraction of sp³-hybridized carbons (Fsp3) is 0.647. The molecule has 0 heterocycles. The predicted molar refractivity (Wildman–Crippen MR) is 85.6 cm³/mol. The zero-order valence-electron chi connectivity index (χ0n) is 12.8. The minimum Gasteiger partial charge on any atom is -0.495 e. The maximum atomic E-state index is 6.15. The molecule has 1 aliphatic carbocycles. The van der Waals surface area contributed by atoms with E-state index in [0.29, 0.717) is 16.5 Å². The number of ether oxygens (including phenoxy) is 1. The van der Waals surface area contributed by atoms with Gasteiger partial charge in [-0.25, -0.2) is 0 Å². The molecular formula is C17H26ClNO. The number of hydrogen-bond acceptors (Lipinski definition) is 2. The van der Waals surface area contributed by atoms with Crippen LogP contribution < -0.4 is 10.1 Å². The van der Waals surface area contributed by atoms with Gasteiger partial charge >= 0.3 is 0 Å². The highest BCUT2D eigenvalue weighted by atomic mass is 35.5. The van der Waals surface area contributed by atoms with Gasteiger partial charge < -0.3 is 10.1 Å². The third-order valence-corrected chi connectivity index (χ3v) is 4.92. The first kappa shape index (κ1) is 15.7. The molecule has 0 bridgehead atoms. The summed E-state index contributed by atoms with van der Waals surface area (Å²) in [6, 6.07) is 6.55. The summed E-state index contributed by atoms with van der Waals surface area (Å²) in [5.41, 5.74) is 1.62. The van der Waals surface area contributed by atoms with Gasteiger partial charge in [-0.05, 0) is 42.5 Å². The van der Waals surface area contributed by atoms with Crippen molar-refractivity contribution in [2.24, 2.45) is 5.41 Å². The lowest BCUT2D eigenvalue weighted by atomic mass is 9.68. The van der Waals surface area contributed by atoms with Gasteiger partial charge in [-0.2, -0.15) is 0 Å². The fourth-order valence-corrected chi connectivity index (χ4v) is 3.67. The van der Waals surface area contributed by atoms with E-state index in [4.69, 9.17) is 16.3 Å². The van der Waals surface area contributed by atoms with Gasteiger partial charge in [0.25, 0.3) is 0 Å². The summed E-state index contributed by atoms with van der Waals surface area (Å²) in [6.07, 6.45) is 6.62. The van der Waals surface area contributed by atoms with E-state index in [1.165, 1.54) is 37.7 Å². The monoisotopic (exact) mass is 295 g/mol. The number of benzene rings is 1. The molecule has 1 aromatic carbocycles. The lowest BCUT2D eigenvalue weighted by Crippen LogP contribution is -2.37. The molecule has 0 spiro atoms. The van der Waals surface area contributed by atoms with E-state index in [9.17, 15) is 0 Å². The Morgan fingerprint density at radius 2 is 2.00 bits per heavy atom. The molecule has 0 saturated heterocycles. The second-order valence-electron chi connectivity index (χ2n) is 6.10. The third-order valence-electron chi connectivity index (χ3n) is 4.61. The summed E-state index contributed by atoms with van der Waals surface area (Å²) in [6.45, 7) is 5.57.